The molecule has 88 valence electrons. The van der Waals surface area contributed by atoms with Gasteiger partial charge in [-0.15, -0.1) is 0 Å². The first kappa shape index (κ1) is 16.3. The third-order valence-corrected chi connectivity index (χ3v) is 2.01. The highest BCUT2D eigenvalue weighted by atomic mass is 16.3. The molecule has 14 heavy (non-hydrogen) atoms. The average Bonchev–Trinajstić information content (AvgIpc) is 2.15. The third-order valence-electron chi connectivity index (χ3n) is 2.01. The lowest BCUT2D eigenvalue weighted by atomic mass is 10.1. The largest absolute Gasteiger partial charge is 0.389 e. The van der Waals surface area contributed by atoms with Crippen molar-refractivity contribution in [3.8, 4) is 0 Å². The van der Waals surface area contributed by atoms with Gasteiger partial charge >= 0.3 is 0 Å². The Morgan fingerprint density at radius 1 is 1.29 bits per heavy atom. The minimum Gasteiger partial charge on any atom is -0.389 e. The fourth-order valence-corrected chi connectivity index (χ4v) is 0.552. The molecule has 5 N–H and O–H groups in total. The Hall–Kier alpha value is -0.160. The summed E-state index contributed by atoms with van der Waals surface area (Å²) < 4.78 is 0. The molecule has 0 aromatic carbocycles. The van der Waals surface area contributed by atoms with Crippen LogP contribution in [0.1, 0.15) is 26.7 Å². The number of aliphatic hydroxyl groups is 1. The third kappa shape index (κ3) is 14.4. The molecule has 4 heteroatoms. The van der Waals surface area contributed by atoms with Crippen LogP contribution in [0.15, 0.2) is 0 Å². The van der Waals surface area contributed by atoms with Gasteiger partial charge in [-0.25, -0.2) is 0 Å². The van der Waals surface area contributed by atoms with Crippen LogP contribution in [-0.4, -0.2) is 49.3 Å². The molecule has 0 aromatic rings. The number of rotatable bonds is 5. The van der Waals surface area contributed by atoms with Gasteiger partial charge in [-0.05, 0) is 47.0 Å². The van der Waals surface area contributed by atoms with Crippen molar-refractivity contribution >= 4 is 0 Å². The predicted octanol–water partition coefficient (Wildman–Crippen LogP) is 0.00290. The van der Waals surface area contributed by atoms with E-state index in [1.807, 2.05) is 6.92 Å². The van der Waals surface area contributed by atoms with E-state index >= 15 is 0 Å². The molecular formula is C10H27N3O. The number of hydrogen-bond acceptors (Lipinski definition) is 4. The van der Waals surface area contributed by atoms with Gasteiger partial charge in [-0.2, -0.15) is 0 Å². The van der Waals surface area contributed by atoms with Crippen molar-refractivity contribution < 1.29 is 5.11 Å². The second-order valence-electron chi connectivity index (χ2n) is 4.00. The van der Waals surface area contributed by atoms with Crippen LogP contribution in [-0.2, 0) is 0 Å². The van der Waals surface area contributed by atoms with E-state index in [2.05, 4.69) is 19.0 Å². The topological polar surface area (TPSA) is 75.5 Å². The Morgan fingerprint density at radius 2 is 1.79 bits per heavy atom. The van der Waals surface area contributed by atoms with E-state index in [-0.39, 0.29) is 0 Å². The normalized spacial score (nSPS) is 14.6. The van der Waals surface area contributed by atoms with Crippen LogP contribution < -0.4 is 11.5 Å². The number of nitrogens with two attached hydrogens (primary N) is 2. The molecule has 0 aromatic heterocycles. The Kier molecular flexibility index (Phi) is 10.9. The SMILES string of the molecule is CCC(C)(O)CN.CN(C)CCCN. The molecule has 0 heterocycles. The lowest BCUT2D eigenvalue weighted by molar-refractivity contribution is 0.0652. The Balaban J connectivity index is 0. The summed E-state index contributed by atoms with van der Waals surface area (Å²) in [6.07, 6.45) is 1.83. The quantitative estimate of drug-likeness (QED) is 0.591. The van der Waals surface area contributed by atoms with E-state index in [0.29, 0.717) is 6.54 Å². The van der Waals surface area contributed by atoms with Crippen LogP contribution in [0.25, 0.3) is 0 Å². The Morgan fingerprint density at radius 3 is 1.86 bits per heavy atom. The van der Waals surface area contributed by atoms with Gasteiger partial charge in [0.05, 0.1) is 5.60 Å². The molecule has 0 saturated carbocycles. The van der Waals surface area contributed by atoms with Gasteiger partial charge in [0.25, 0.3) is 0 Å². The highest BCUT2D eigenvalue weighted by molar-refractivity contribution is 4.69. The van der Waals surface area contributed by atoms with Crippen LogP contribution >= 0.6 is 0 Å². The molecule has 1 atom stereocenters. The summed E-state index contributed by atoms with van der Waals surface area (Å²) in [6, 6.07) is 0. The molecule has 0 aliphatic rings. The fourth-order valence-electron chi connectivity index (χ4n) is 0.552. The lowest BCUT2D eigenvalue weighted by Crippen LogP contribution is -2.32. The van der Waals surface area contributed by atoms with Crippen molar-refractivity contribution in [2.75, 3.05) is 33.7 Å². The lowest BCUT2D eigenvalue weighted by Gasteiger charge is -2.17. The summed E-state index contributed by atoms with van der Waals surface area (Å²) in [6.45, 7) is 5.90. The van der Waals surface area contributed by atoms with Crippen molar-refractivity contribution in [1.82, 2.24) is 4.90 Å². The van der Waals surface area contributed by atoms with Gasteiger partial charge in [0.15, 0.2) is 0 Å². The molecule has 0 aliphatic carbocycles. The van der Waals surface area contributed by atoms with Gasteiger partial charge in [-0.3, -0.25) is 0 Å². The zero-order valence-corrected chi connectivity index (χ0v) is 10.1. The van der Waals surface area contributed by atoms with Crippen molar-refractivity contribution in [3.63, 3.8) is 0 Å². The minimum atomic E-state index is -0.639. The summed E-state index contributed by atoms with van der Waals surface area (Å²) >= 11 is 0. The molecule has 0 amide bonds. The summed E-state index contributed by atoms with van der Waals surface area (Å²) in [5.41, 5.74) is 9.78. The van der Waals surface area contributed by atoms with Gasteiger partial charge in [0.1, 0.15) is 0 Å². The van der Waals surface area contributed by atoms with E-state index in [0.717, 1.165) is 25.9 Å². The minimum absolute atomic E-state index is 0.351. The van der Waals surface area contributed by atoms with E-state index in [1.165, 1.54) is 0 Å². The maximum Gasteiger partial charge on any atom is 0.0738 e. The van der Waals surface area contributed by atoms with Crippen LogP contribution in [0.2, 0.25) is 0 Å². The first-order chi connectivity index (χ1) is 6.39. The molecule has 0 spiro atoms. The van der Waals surface area contributed by atoms with Crippen molar-refractivity contribution in [1.29, 1.82) is 0 Å². The van der Waals surface area contributed by atoms with E-state index in [9.17, 15) is 0 Å². The van der Waals surface area contributed by atoms with Crippen molar-refractivity contribution in [3.05, 3.63) is 0 Å². The number of hydrogen-bond donors (Lipinski definition) is 3. The van der Waals surface area contributed by atoms with Crippen LogP contribution in [0.4, 0.5) is 0 Å². The molecule has 0 rings (SSSR count). The van der Waals surface area contributed by atoms with Crippen LogP contribution in [0, 0.1) is 0 Å². The highest BCUT2D eigenvalue weighted by Crippen LogP contribution is 2.03. The summed E-state index contributed by atoms with van der Waals surface area (Å²) in [7, 11) is 4.10. The van der Waals surface area contributed by atoms with Crippen molar-refractivity contribution in [2.45, 2.75) is 32.3 Å². The molecule has 0 fully saturated rings. The van der Waals surface area contributed by atoms with Gasteiger partial charge in [-0.1, -0.05) is 6.92 Å². The molecule has 0 radical (unpaired) electrons. The molecule has 4 nitrogen and oxygen atoms in total. The van der Waals surface area contributed by atoms with Gasteiger partial charge in [0.2, 0.25) is 0 Å². The Labute approximate surface area is 88.3 Å². The van der Waals surface area contributed by atoms with E-state index < -0.39 is 5.60 Å². The maximum atomic E-state index is 9.01. The second-order valence-corrected chi connectivity index (χ2v) is 4.00. The molecule has 1 unspecified atom stereocenters. The fraction of sp³-hybridized carbons (Fsp3) is 1.00. The highest BCUT2D eigenvalue weighted by Gasteiger charge is 2.12. The first-order valence-electron chi connectivity index (χ1n) is 5.16. The summed E-state index contributed by atoms with van der Waals surface area (Å²) in [5, 5.41) is 9.01. The smallest absolute Gasteiger partial charge is 0.0738 e. The first-order valence-corrected chi connectivity index (χ1v) is 5.16. The van der Waals surface area contributed by atoms with Crippen molar-refractivity contribution in [2.24, 2.45) is 11.5 Å². The zero-order chi connectivity index (χ0) is 11.6. The molecule has 0 saturated heterocycles. The van der Waals surface area contributed by atoms with Crippen LogP contribution in [0.5, 0.6) is 0 Å². The van der Waals surface area contributed by atoms with Crippen LogP contribution in [0.3, 0.4) is 0 Å². The Bertz CT molecular complexity index is 110. The molecular weight excluding hydrogens is 178 g/mol. The monoisotopic (exact) mass is 205 g/mol. The van der Waals surface area contributed by atoms with Gasteiger partial charge < -0.3 is 21.5 Å². The van der Waals surface area contributed by atoms with E-state index in [4.69, 9.17) is 16.6 Å². The summed E-state index contributed by atoms with van der Waals surface area (Å²) in [5.74, 6) is 0. The average molecular weight is 205 g/mol. The zero-order valence-electron chi connectivity index (χ0n) is 10.1. The number of nitrogens with zero attached hydrogens (tertiary/aromatic N) is 1. The van der Waals surface area contributed by atoms with Gasteiger partial charge in [0, 0.05) is 6.54 Å². The molecule has 0 aliphatic heterocycles. The molecule has 0 bridgehead atoms. The standard InChI is InChI=1S/C5H14N2.C5H13NO/c1-7(2)5-3-4-6;1-3-5(2,7)4-6/h3-6H2,1-2H3;7H,3-4,6H2,1-2H3. The second kappa shape index (κ2) is 9.40. The predicted molar refractivity (Wildman–Crippen MR) is 62.2 cm³/mol. The maximum absolute atomic E-state index is 9.01. The summed E-state index contributed by atoms with van der Waals surface area (Å²) in [4.78, 5) is 2.13. The van der Waals surface area contributed by atoms with E-state index in [1.54, 1.807) is 6.92 Å².